The van der Waals surface area contributed by atoms with Crippen LogP contribution in [0.2, 0.25) is 0 Å². The lowest BCUT2D eigenvalue weighted by molar-refractivity contribution is -0.144. The molecule has 0 bridgehead atoms. The third-order valence-corrected chi connectivity index (χ3v) is 3.69. The molecule has 19 heavy (non-hydrogen) atoms. The zero-order valence-electron chi connectivity index (χ0n) is 10.8. The lowest BCUT2D eigenvalue weighted by Crippen LogP contribution is -2.52. The molecule has 0 aromatic heterocycles. The molecular formula is C14H17NO4. The molecule has 2 rings (SSSR count). The number of carboxylic acid groups (broad SMARTS) is 1. The molecule has 0 aliphatic heterocycles. The zero-order valence-corrected chi connectivity index (χ0v) is 10.8. The third kappa shape index (κ3) is 2.54. The van der Waals surface area contributed by atoms with E-state index >= 15 is 0 Å². The van der Waals surface area contributed by atoms with Crippen LogP contribution in [0.1, 0.15) is 41.6 Å². The van der Waals surface area contributed by atoms with Crippen molar-refractivity contribution in [3.8, 4) is 5.75 Å². The Morgan fingerprint density at radius 3 is 2.47 bits per heavy atom. The van der Waals surface area contributed by atoms with Gasteiger partial charge in [-0.15, -0.1) is 0 Å². The fourth-order valence-corrected chi connectivity index (χ4v) is 2.51. The average Bonchev–Trinajstić information content (AvgIpc) is 2.82. The second kappa shape index (κ2) is 4.91. The van der Waals surface area contributed by atoms with Crippen molar-refractivity contribution < 1.29 is 19.8 Å². The summed E-state index contributed by atoms with van der Waals surface area (Å²) >= 11 is 0. The van der Waals surface area contributed by atoms with Crippen LogP contribution in [0.15, 0.2) is 18.2 Å². The summed E-state index contributed by atoms with van der Waals surface area (Å²) in [6.45, 7) is 1.75. The van der Waals surface area contributed by atoms with E-state index in [9.17, 15) is 19.8 Å². The van der Waals surface area contributed by atoms with E-state index < -0.39 is 17.4 Å². The number of hydrogen-bond donors (Lipinski definition) is 3. The van der Waals surface area contributed by atoms with Gasteiger partial charge in [0, 0.05) is 5.56 Å². The molecule has 1 fully saturated rings. The maximum Gasteiger partial charge on any atom is 0.329 e. The molecule has 1 saturated carbocycles. The van der Waals surface area contributed by atoms with Crippen molar-refractivity contribution >= 4 is 11.9 Å². The minimum atomic E-state index is -1.16. The number of nitrogens with one attached hydrogen (secondary N) is 1. The van der Waals surface area contributed by atoms with Gasteiger partial charge in [0.05, 0.1) is 0 Å². The number of aliphatic carboxylic acids is 1. The van der Waals surface area contributed by atoms with Gasteiger partial charge in [0.2, 0.25) is 0 Å². The van der Waals surface area contributed by atoms with Crippen molar-refractivity contribution in [3.05, 3.63) is 29.3 Å². The summed E-state index contributed by atoms with van der Waals surface area (Å²) in [7, 11) is 0. The summed E-state index contributed by atoms with van der Waals surface area (Å²) in [5.74, 6) is -1.44. The number of benzene rings is 1. The van der Waals surface area contributed by atoms with Crippen LogP contribution >= 0.6 is 0 Å². The van der Waals surface area contributed by atoms with E-state index in [4.69, 9.17) is 0 Å². The molecule has 0 unspecified atom stereocenters. The first-order valence-corrected chi connectivity index (χ1v) is 6.30. The Bertz CT molecular complexity index is 518. The summed E-state index contributed by atoms with van der Waals surface area (Å²) in [5, 5.41) is 21.4. The van der Waals surface area contributed by atoms with Gasteiger partial charge in [-0.05, 0) is 37.5 Å². The number of hydrogen-bond acceptors (Lipinski definition) is 3. The van der Waals surface area contributed by atoms with Gasteiger partial charge in [-0.25, -0.2) is 4.79 Å². The predicted molar refractivity (Wildman–Crippen MR) is 69.1 cm³/mol. The Hall–Kier alpha value is -2.04. The van der Waals surface area contributed by atoms with Gasteiger partial charge in [0.1, 0.15) is 11.3 Å². The van der Waals surface area contributed by atoms with Crippen molar-refractivity contribution in [2.75, 3.05) is 0 Å². The van der Waals surface area contributed by atoms with Gasteiger partial charge in [-0.3, -0.25) is 4.79 Å². The Morgan fingerprint density at radius 1 is 1.26 bits per heavy atom. The Labute approximate surface area is 111 Å². The normalized spacial score (nSPS) is 17.1. The maximum absolute atomic E-state index is 12.2. The van der Waals surface area contributed by atoms with E-state index in [0.29, 0.717) is 24.0 Å². The topological polar surface area (TPSA) is 86.6 Å². The van der Waals surface area contributed by atoms with Crippen molar-refractivity contribution in [1.29, 1.82) is 0 Å². The number of rotatable bonds is 3. The number of phenolic OH excluding ortho intramolecular Hbond substituents is 1. The zero-order chi connectivity index (χ0) is 14.0. The van der Waals surface area contributed by atoms with Crippen LogP contribution in [0.4, 0.5) is 0 Å². The van der Waals surface area contributed by atoms with Crippen LogP contribution in [0.3, 0.4) is 0 Å². The molecule has 0 saturated heterocycles. The SMILES string of the molecule is Cc1ccc(O)cc1C(=O)NC1(C(=O)O)CCCC1. The molecule has 3 N–H and O–H groups in total. The summed E-state index contributed by atoms with van der Waals surface area (Å²) in [6.07, 6.45) is 2.50. The number of carbonyl (C=O) groups is 2. The lowest BCUT2D eigenvalue weighted by atomic mass is 9.96. The predicted octanol–water partition coefficient (Wildman–Crippen LogP) is 1.83. The van der Waals surface area contributed by atoms with Gasteiger partial charge in [0.15, 0.2) is 0 Å². The number of carbonyl (C=O) groups excluding carboxylic acids is 1. The number of aryl methyl sites for hydroxylation is 1. The van der Waals surface area contributed by atoms with Crippen molar-refractivity contribution in [2.24, 2.45) is 0 Å². The molecule has 5 nitrogen and oxygen atoms in total. The van der Waals surface area contributed by atoms with E-state index in [1.165, 1.54) is 12.1 Å². The molecule has 1 aromatic carbocycles. The molecule has 5 heteroatoms. The van der Waals surface area contributed by atoms with Gasteiger partial charge in [0.25, 0.3) is 5.91 Å². The quantitative estimate of drug-likeness (QED) is 0.776. The monoisotopic (exact) mass is 263 g/mol. The van der Waals surface area contributed by atoms with Crippen molar-refractivity contribution in [2.45, 2.75) is 38.1 Å². The smallest absolute Gasteiger partial charge is 0.329 e. The summed E-state index contributed by atoms with van der Waals surface area (Å²) in [6, 6.07) is 4.48. The Morgan fingerprint density at radius 2 is 1.89 bits per heavy atom. The first kappa shape index (κ1) is 13.4. The summed E-state index contributed by atoms with van der Waals surface area (Å²) in [5.41, 5.74) is -0.143. The first-order chi connectivity index (χ1) is 8.94. The second-order valence-corrected chi connectivity index (χ2v) is 5.05. The van der Waals surface area contributed by atoms with Crippen LogP contribution in [0.5, 0.6) is 5.75 Å². The van der Waals surface area contributed by atoms with E-state index in [-0.39, 0.29) is 5.75 Å². The molecule has 102 valence electrons. The molecule has 0 spiro atoms. The van der Waals surface area contributed by atoms with Crippen LogP contribution < -0.4 is 5.32 Å². The first-order valence-electron chi connectivity index (χ1n) is 6.30. The lowest BCUT2D eigenvalue weighted by Gasteiger charge is -2.25. The fourth-order valence-electron chi connectivity index (χ4n) is 2.51. The highest BCUT2D eigenvalue weighted by atomic mass is 16.4. The highest BCUT2D eigenvalue weighted by Crippen LogP contribution is 2.30. The Kier molecular flexibility index (Phi) is 3.46. The van der Waals surface area contributed by atoms with Crippen LogP contribution in [0.25, 0.3) is 0 Å². The van der Waals surface area contributed by atoms with Gasteiger partial charge in [-0.1, -0.05) is 18.9 Å². The van der Waals surface area contributed by atoms with Crippen LogP contribution in [-0.2, 0) is 4.79 Å². The van der Waals surface area contributed by atoms with Crippen molar-refractivity contribution in [1.82, 2.24) is 5.32 Å². The molecule has 1 aliphatic carbocycles. The standard InChI is InChI=1S/C14H17NO4/c1-9-4-5-10(16)8-11(9)12(17)15-14(13(18)19)6-2-3-7-14/h4-5,8,16H,2-3,6-7H2,1H3,(H,15,17)(H,18,19). The fraction of sp³-hybridized carbons (Fsp3) is 0.429. The molecule has 0 atom stereocenters. The van der Waals surface area contributed by atoms with E-state index in [1.54, 1.807) is 13.0 Å². The second-order valence-electron chi connectivity index (χ2n) is 5.05. The van der Waals surface area contributed by atoms with E-state index in [1.807, 2.05) is 0 Å². The number of aromatic hydroxyl groups is 1. The molecule has 0 radical (unpaired) electrons. The van der Waals surface area contributed by atoms with E-state index in [2.05, 4.69) is 5.32 Å². The average molecular weight is 263 g/mol. The highest BCUT2D eigenvalue weighted by Gasteiger charge is 2.42. The molecule has 0 heterocycles. The third-order valence-electron chi connectivity index (χ3n) is 3.69. The molecule has 1 amide bonds. The highest BCUT2D eigenvalue weighted by molar-refractivity contribution is 5.99. The molecule has 1 aromatic rings. The molecular weight excluding hydrogens is 246 g/mol. The summed E-state index contributed by atoms with van der Waals surface area (Å²) < 4.78 is 0. The van der Waals surface area contributed by atoms with E-state index in [0.717, 1.165) is 12.8 Å². The summed E-state index contributed by atoms with van der Waals surface area (Å²) in [4.78, 5) is 23.6. The molecule has 1 aliphatic rings. The Balaban J connectivity index is 2.25. The van der Waals surface area contributed by atoms with Gasteiger partial charge >= 0.3 is 5.97 Å². The minimum Gasteiger partial charge on any atom is -0.508 e. The maximum atomic E-state index is 12.2. The minimum absolute atomic E-state index is 0.00783. The number of phenols is 1. The largest absolute Gasteiger partial charge is 0.508 e. The van der Waals surface area contributed by atoms with Gasteiger partial charge < -0.3 is 15.5 Å². The van der Waals surface area contributed by atoms with Crippen LogP contribution in [-0.4, -0.2) is 27.6 Å². The van der Waals surface area contributed by atoms with Crippen LogP contribution in [0, 0.1) is 6.92 Å². The number of amides is 1. The van der Waals surface area contributed by atoms with Crippen molar-refractivity contribution in [3.63, 3.8) is 0 Å². The number of carboxylic acids is 1. The van der Waals surface area contributed by atoms with Gasteiger partial charge in [-0.2, -0.15) is 0 Å².